The number of esters is 1. The Labute approximate surface area is 143 Å². The molecule has 23 heavy (non-hydrogen) atoms. The standard InChI is InChI=1S/C15H15ClN4O2S/c1-3-20-14(11-4-6-12(16)7-5-11)18-19-15(20)23-9-13(21)22-10(2)8-17/h4-7,10H,3,9H2,1-2H3/t10-/m0/s1. The Kier molecular flexibility index (Phi) is 6.02. The van der Waals surface area contributed by atoms with E-state index in [-0.39, 0.29) is 5.75 Å². The van der Waals surface area contributed by atoms with Crippen molar-refractivity contribution < 1.29 is 9.53 Å². The monoisotopic (exact) mass is 350 g/mol. The number of ether oxygens (including phenoxy) is 1. The molecule has 0 N–H and O–H groups in total. The molecule has 0 unspecified atom stereocenters. The Morgan fingerprint density at radius 1 is 1.43 bits per heavy atom. The van der Waals surface area contributed by atoms with Gasteiger partial charge in [-0.15, -0.1) is 10.2 Å². The van der Waals surface area contributed by atoms with Crippen molar-refractivity contribution in [3.05, 3.63) is 29.3 Å². The summed E-state index contributed by atoms with van der Waals surface area (Å²) >= 11 is 7.12. The zero-order valence-electron chi connectivity index (χ0n) is 12.7. The minimum Gasteiger partial charge on any atom is -0.447 e. The first-order valence-corrected chi connectivity index (χ1v) is 8.32. The summed E-state index contributed by atoms with van der Waals surface area (Å²) in [5.74, 6) is 0.332. The van der Waals surface area contributed by atoms with E-state index in [1.165, 1.54) is 18.7 Å². The normalized spacial score (nSPS) is 11.7. The second-order valence-electron chi connectivity index (χ2n) is 4.61. The van der Waals surface area contributed by atoms with E-state index in [9.17, 15) is 4.79 Å². The zero-order valence-corrected chi connectivity index (χ0v) is 14.3. The molecule has 0 spiro atoms. The molecule has 0 amide bonds. The predicted molar refractivity (Wildman–Crippen MR) is 88.0 cm³/mol. The highest BCUT2D eigenvalue weighted by atomic mass is 35.5. The van der Waals surface area contributed by atoms with Gasteiger partial charge in [-0.1, -0.05) is 23.4 Å². The molecule has 1 aromatic heterocycles. The van der Waals surface area contributed by atoms with Crippen molar-refractivity contribution >= 4 is 29.3 Å². The van der Waals surface area contributed by atoms with Gasteiger partial charge >= 0.3 is 5.97 Å². The second-order valence-corrected chi connectivity index (χ2v) is 5.99. The lowest BCUT2D eigenvalue weighted by molar-refractivity contribution is -0.142. The summed E-state index contributed by atoms with van der Waals surface area (Å²) < 4.78 is 6.82. The van der Waals surface area contributed by atoms with Crippen LogP contribution < -0.4 is 0 Å². The Morgan fingerprint density at radius 2 is 2.13 bits per heavy atom. The fourth-order valence-electron chi connectivity index (χ4n) is 1.87. The van der Waals surface area contributed by atoms with Crippen molar-refractivity contribution in [2.75, 3.05) is 5.75 Å². The van der Waals surface area contributed by atoms with Crippen molar-refractivity contribution in [3.8, 4) is 17.5 Å². The molecule has 2 aromatic rings. The van der Waals surface area contributed by atoms with Gasteiger partial charge < -0.3 is 9.30 Å². The second kappa shape index (κ2) is 7.99. The number of benzene rings is 1. The van der Waals surface area contributed by atoms with Gasteiger partial charge in [-0.3, -0.25) is 4.79 Å². The van der Waals surface area contributed by atoms with E-state index in [1.54, 1.807) is 12.1 Å². The van der Waals surface area contributed by atoms with Crippen molar-refractivity contribution in [2.24, 2.45) is 0 Å². The van der Waals surface area contributed by atoms with Crippen LogP contribution in [0.5, 0.6) is 0 Å². The van der Waals surface area contributed by atoms with Gasteiger partial charge in [0.15, 0.2) is 17.1 Å². The largest absolute Gasteiger partial charge is 0.447 e. The predicted octanol–water partition coefficient (Wildman–Crippen LogP) is 3.17. The van der Waals surface area contributed by atoms with Crippen molar-refractivity contribution in [3.63, 3.8) is 0 Å². The van der Waals surface area contributed by atoms with Gasteiger partial charge in [0.05, 0.1) is 5.75 Å². The first-order valence-electron chi connectivity index (χ1n) is 6.96. The third-order valence-electron chi connectivity index (χ3n) is 2.94. The summed E-state index contributed by atoms with van der Waals surface area (Å²) in [4.78, 5) is 11.6. The molecule has 0 bridgehead atoms. The third kappa shape index (κ3) is 4.47. The van der Waals surface area contributed by atoms with Crippen molar-refractivity contribution in [2.45, 2.75) is 31.7 Å². The molecule has 6 nitrogen and oxygen atoms in total. The molecule has 0 aliphatic heterocycles. The molecule has 0 fully saturated rings. The molecular formula is C15H15ClN4O2S. The minimum atomic E-state index is -0.753. The first kappa shape index (κ1) is 17.3. The fourth-order valence-corrected chi connectivity index (χ4v) is 2.79. The van der Waals surface area contributed by atoms with E-state index >= 15 is 0 Å². The number of nitriles is 1. The molecule has 0 aliphatic rings. The number of nitrogens with zero attached hydrogens (tertiary/aromatic N) is 4. The fraction of sp³-hybridized carbons (Fsp3) is 0.333. The molecule has 0 saturated carbocycles. The number of thioether (sulfide) groups is 1. The number of carbonyl (C=O) groups is 1. The van der Waals surface area contributed by atoms with E-state index in [0.29, 0.717) is 22.5 Å². The lowest BCUT2D eigenvalue weighted by Gasteiger charge is -2.08. The number of rotatable bonds is 6. The van der Waals surface area contributed by atoms with Crippen LogP contribution >= 0.6 is 23.4 Å². The van der Waals surface area contributed by atoms with Gasteiger partial charge in [-0.2, -0.15) is 5.26 Å². The first-order chi connectivity index (χ1) is 11.0. The summed E-state index contributed by atoms with van der Waals surface area (Å²) in [5, 5.41) is 18.2. The van der Waals surface area contributed by atoms with Gasteiger partial charge in [0.25, 0.3) is 0 Å². The minimum absolute atomic E-state index is 0.0742. The molecule has 2 rings (SSSR count). The number of aromatic nitrogens is 3. The maximum atomic E-state index is 11.6. The van der Waals surface area contributed by atoms with Crippen molar-refractivity contribution in [1.29, 1.82) is 5.26 Å². The molecule has 8 heteroatoms. The maximum Gasteiger partial charge on any atom is 0.317 e. The van der Waals surface area contributed by atoms with Gasteiger partial charge in [0.1, 0.15) is 6.07 Å². The van der Waals surface area contributed by atoms with Crippen LogP contribution in [0.3, 0.4) is 0 Å². The molecule has 1 atom stereocenters. The number of hydrogen-bond donors (Lipinski definition) is 0. The van der Waals surface area contributed by atoms with Crippen LogP contribution in [0.25, 0.3) is 11.4 Å². The van der Waals surface area contributed by atoms with Gasteiger partial charge in [-0.25, -0.2) is 0 Å². The zero-order chi connectivity index (χ0) is 16.8. The molecule has 0 aliphatic carbocycles. The number of carbonyl (C=O) groups excluding carboxylic acids is 1. The Hall–Kier alpha value is -2.04. The Bertz CT molecular complexity index is 724. The highest BCUT2D eigenvalue weighted by molar-refractivity contribution is 7.99. The average Bonchev–Trinajstić information content (AvgIpc) is 2.96. The smallest absolute Gasteiger partial charge is 0.317 e. The molecular weight excluding hydrogens is 336 g/mol. The van der Waals surface area contributed by atoms with E-state index in [4.69, 9.17) is 21.6 Å². The SMILES string of the molecule is CCn1c(SCC(=O)O[C@@H](C)C#N)nnc1-c1ccc(Cl)cc1. The van der Waals surface area contributed by atoms with Crippen LogP contribution in [0.15, 0.2) is 29.4 Å². The number of hydrogen-bond acceptors (Lipinski definition) is 6. The average molecular weight is 351 g/mol. The van der Waals surface area contributed by atoms with E-state index in [2.05, 4.69) is 10.2 Å². The summed E-state index contributed by atoms with van der Waals surface area (Å²) in [6.07, 6.45) is -0.753. The quantitative estimate of drug-likeness (QED) is 0.588. The molecule has 1 heterocycles. The third-order valence-corrected chi connectivity index (χ3v) is 4.14. The Balaban J connectivity index is 2.11. The highest BCUT2D eigenvalue weighted by Crippen LogP contribution is 2.25. The van der Waals surface area contributed by atoms with Crippen LogP contribution in [-0.2, 0) is 16.1 Å². The molecule has 0 saturated heterocycles. The molecule has 1 aromatic carbocycles. The lowest BCUT2D eigenvalue weighted by atomic mass is 10.2. The van der Waals surface area contributed by atoms with Gasteiger partial charge in [0, 0.05) is 17.1 Å². The highest BCUT2D eigenvalue weighted by Gasteiger charge is 2.16. The van der Waals surface area contributed by atoms with Crippen LogP contribution in [0, 0.1) is 11.3 Å². The lowest BCUT2D eigenvalue weighted by Crippen LogP contribution is -2.15. The van der Waals surface area contributed by atoms with Gasteiger partial charge in [-0.05, 0) is 38.1 Å². The summed E-state index contributed by atoms with van der Waals surface area (Å²) in [6, 6.07) is 9.17. The van der Waals surface area contributed by atoms with E-state index in [1.807, 2.05) is 29.7 Å². The summed E-state index contributed by atoms with van der Waals surface area (Å²) in [6.45, 7) is 4.16. The topological polar surface area (TPSA) is 80.8 Å². The van der Waals surface area contributed by atoms with Gasteiger partial charge in [0.2, 0.25) is 0 Å². The van der Waals surface area contributed by atoms with Crippen LogP contribution in [0.2, 0.25) is 5.02 Å². The maximum absolute atomic E-state index is 11.6. The summed E-state index contributed by atoms with van der Waals surface area (Å²) in [7, 11) is 0. The Morgan fingerprint density at radius 3 is 2.74 bits per heavy atom. The van der Waals surface area contributed by atoms with Crippen molar-refractivity contribution in [1.82, 2.24) is 14.8 Å². The van der Waals surface area contributed by atoms with Crippen LogP contribution in [0.1, 0.15) is 13.8 Å². The van der Waals surface area contributed by atoms with Crippen LogP contribution in [-0.4, -0.2) is 32.6 Å². The molecule has 0 radical (unpaired) electrons. The van der Waals surface area contributed by atoms with Crippen LogP contribution in [0.4, 0.5) is 0 Å². The van der Waals surface area contributed by atoms with E-state index < -0.39 is 12.1 Å². The molecule has 120 valence electrons. The summed E-state index contributed by atoms with van der Waals surface area (Å²) in [5.41, 5.74) is 0.899. The van der Waals surface area contributed by atoms with E-state index in [0.717, 1.165) is 5.56 Å². The number of halogens is 1.